The lowest BCUT2D eigenvalue weighted by Gasteiger charge is -2.32. The van der Waals surface area contributed by atoms with Gasteiger partial charge in [0.25, 0.3) is 5.56 Å². The highest BCUT2D eigenvalue weighted by molar-refractivity contribution is 5.76. The first-order valence-corrected chi connectivity index (χ1v) is 8.79. The number of hydrogen-bond acceptors (Lipinski definition) is 3. The molecule has 1 amide bonds. The van der Waals surface area contributed by atoms with Gasteiger partial charge in [0.15, 0.2) is 0 Å². The van der Waals surface area contributed by atoms with Gasteiger partial charge in [-0.3, -0.25) is 9.59 Å². The van der Waals surface area contributed by atoms with Crippen molar-refractivity contribution in [2.45, 2.75) is 38.8 Å². The van der Waals surface area contributed by atoms with Crippen LogP contribution in [0.1, 0.15) is 24.8 Å². The van der Waals surface area contributed by atoms with Gasteiger partial charge in [0.2, 0.25) is 5.91 Å². The van der Waals surface area contributed by atoms with E-state index < -0.39 is 0 Å². The number of nitrogens with zero attached hydrogens (tertiary/aromatic N) is 2. The SMILES string of the molecule is Cc1ccccc1OC1CCN(C(=O)CCn2ccccc2=O)CC1. The first kappa shape index (κ1) is 17.3. The number of aromatic nitrogens is 1. The van der Waals surface area contributed by atoms with Crippen molar-refractivity contribution in [1.82, 2.24) is 9.47 Å². The Morgan fingerprint density at radius 2 is 1.84 bits per heavy atom. The van der Waals surface area contributed by atoms with Gasteiger partial charge in [-0.15, -0.1) is 0 Å². The van der Waals surface area contributed by atoms with Crippen LogP contribution in [0.5, 0.6) is 5.75 Å². The van der Waals surface area contributed by atoms with Gasteiger partial charge in [-0.05, 0) is 24.6 Å². The van der Waals surface area contributed by atoms with Crippen molar-refractivity contribution in [3.63, 3.8) is 0 Å². The predicted octanol–water partition coefficient (Wildman–Crippen LogP) is 2.62. The summed E-state index contributed by atoms with van der Waals surface area (Å²) in [6, 6.07) is 13.0. The van der Waals surface area contributed by atoms with E-state index in [0.29, 0.717) is 26.1 Å². The van der Waals surface area contributed by atoms with E-state index in [1.807, 2.05) is 36.1 Å². The first-order chi connectivity index (χ1) is 12.1. The fraction of sp³-hybridized carbons (Fsp3) is 0.400. The van der Waals surface area contributed by atoms with Crippen LogP contribution in [-0.4, -0.2) is 34.6 Å². The average Bonchev–Trinajstić information content (AvgIpc) is 2.63. The summed E-state index contributed by atoms with van der Waals surface area (Å²) in [5, 5.41) is 0. The maximum Gasteiger partial charge on any atom is 0.250 e. The molecule has 132 valence electrons. The van der Waals surface area contributed by atoms with E-state index in [0.717, 1.165) is 24.2 Å². The highest BCUT2D eigenvalue weighted by Crippen LogP contribution is 2.22. The summed E-state index contributed by atoms with van der Waals surface area (Å²) < 4.78 is 7.65. The van der Waals surface area contributed by atoms with E-state index >= 15 is 0 Å². The normalized spacial score (nSPS) is 15.2. The summed E-state index contributed by atoms with van der Waals surface area (Å²) >= 11 is 0. The van der Waals surface area contributed by atoms with Gasteiger partial charge in [0.05, 0.1) is 0 Å². The van der Waals surface area contributed by atoms with E-state index in [1.165, 1.54) is 6.07 Å². The van der Waals surface area contributed by atoms with E-state index in [-0.39, 0.29) is 17.6 Å². The fourth-order valence-electron chi connectivity index (χ4n) is 3.11. The van der Waals surface area contributed by atoms with E-state index in [9.17, 15) is 9.59 Å². The minimum Gasteiger partial charge on any atom is -0.490 e. The van der Waals surface area contributed by atoms with Gasteiger partial charge < -0.3 is 14.2 Å². The Labute approximate surface area is 147 Å². The second kappa shape index (κ2) is 8.01. The maximum absolute atomic E-state index is 12.4. The van der Waals surface area contributed by atoms with Gasteiger partial charge in [0, 0.05) is 51.2 Å². The minimum absolute atomic E-state index is 0.0689. The van der Waals surface area contributed by atoms with Crippen molar-refractivity contribution in [3.05, 3.63) is 64.6 Å². The molecular weight excluding hydrogens is 316 g/mol. The fourth-order valence-corrected chi connectivity index (χ4v) is 3.11. The number of para-hydroxylation sites is 1. The molecule has 2 heterocycles. The van der Waals surface area contributed by atoms with Crippen LogP contribution in [0, 0.1) is 6.92 Å². The molecule has 0 N–H and O–H groups in total. The van der Waals surface area contributed by atoms with E-state index in [4.69, 9.17) is 4.74 Å². The smallest absolute Gasteiger partial charge is 0.250 e. The zero-order valence-electron chi connectivity index (χ0n) is 14.6. The lowest BCUT2D eigenvalue weighted by atomic mass is 10.1. The molecule has 1 aliphatic rings. The van der Waals surface area contributed by atoms with Crippen LogP contribution in [-0.2, 0) is 11.3 Å². The highest BCUT2D eigenvalue weighted by Gasteiger charge is 2.24. The molecule has 5 heteroatoms. The molecule has 5 nitrogen and oxygen atoms in total. The van der Waals surface area contributed by atoms with Crippen LogP contribution < -0.4 is 10.3 Å². The number of benzene rings is 1. The zero-order valence-corrected chi connectivity index (χ0v) is 14.6. The third kappa shape index (κ3) is 4.50. The number of carbonyl (C=O) groups is 1. The van der Waals surface area contributed by atoms with Crippen LogP contribution in [0.2, 0.25) is 0 Å². The molecule has 1 aromatic carbocycles. The third-order valence-corrected chi connectivity index (χ3v) is 4.65. The first-order valence-electron chi connectivity index (χ1n) is 8.79. The van der Waals surface area contributed by atoms with Crippen LogP contribution in [0.4, 0.5) is 0 Å². The predicted molar refractivity (Wildman–Crippen MR) is 96.7 cm³/mol. The molecule has 2 aromatic rings. The number of likely N-dealkylation sites (tertiary alicyclic amines) is 1. The number of carbonyl (C=O) groups excluding carboxylic acids is 1. The second-order valence-electron chi connectivity index (χ2n) is 6.45. The molecule has 0 spiro atoms. The average molecular weight is 340 g/mol. The van der Waals surface area contributed by atoms with Gasteiger partial charge >= 0.3 is 0 Å². The van der Waals surface area contributed by atoms with Crippen LogP contribution in [0.25, 0.3) is 0 Å². The van der Waals surface area contributed by atoms with Crippen molar-refractivity contribution < 1.29 is 9.53 Å². The molecule has 1 aromatic heterocycles. The Morgan fingerprint density at radius 3 is 2.56 bits per heavy atom. The summed E-state index contributed by atoms with van der Waals surface area (Å²) in [6.45, 7) is 3.88. The van der Waals surface area contributed by atoms with Crippen LogP contribution in [0.3, 0.4) is 0 Å². The summed E-state index contributed by atoms with van der Waals surface area (Å²) in [7, 11) is 0. The molecule has 0 bridgehead atoms. The van der Waals surface area contributed by atoms with Crippen LogP contribution >= 0.6 is 0 Å². The summed E-state index contributed by atoms with van der Waals surface area (Å²) in [4.78, 5) is 25.9. The quantitative estimate of drug-likeness (QED) is 0.841. The lowest BCUT2D eigenvalue weighted by Crippen LogP contribution is -2.42. The number of hydrogen-bond donors (Lipinski definition) is 0. The Hall–Kier alpha value is -2.56. The van der Waals surface area contributed by atoms with Crippen molar-refractivity contribution in [2.75, 3.05) is 13.1 Å². The van der Waals surface area contributed by atoms with Gasteiger partial charge in [-0.2, -0.15) is 0 Å². The molecule has 0 unspecified atom stereocenters. The number of aryl methyl sites for hydroxylation is 2. The molecule has 0 radical (unpaired) electrons. The monoisotopic (exact) mass is 340 g/mol. The van der Waals surface area contributed by atoms with Gasteiger partial charge in [-0.25, -0.2) is 0 Å². The van der Waals surface area contributed by atoms with Gasteiger partial charge in [0.1, 0.15) is 11.9 Å². The number of piperidine rings is 1. The third-order valence-electron chi connectivity index (χ3n) is 4.65. The molecule has 0 aliphatic carbocycles. The second-order valence-corrected chi connectivity index (χ2v) is 6.45. The van der Waals surface area contributed by atoms with Crippen molar-refractivity contribution in [2.24, 2.45) is 0 Å². The van der Waals surface area contributed by atoms with E-state index in [2.05, 4.69) is 0 Å². The zero-order chi connectivity index (χ0) is 17.6. The number of ether oxygens (including phenoxy) is 1. The molecule has 0 atom stereocenters. The molecule has 0 saturated carbocycles. The van der Waals surface area contributed by atoms with Crippen molar-refractivity contribution in [3.8, 4) is 5.75 Å². The molecule has 3 rings (SSSR count). The van der Waals surface area contributed by atoms with Crippen molar-refractivity contribution in [1.29, 1.82) is 0 Å². The Morgan fingerprint density at radius 1 is 1.12 bits per heavy atom. The largest absolute Gasteiger partial charge is 0.490 e. The Balaban J connectivity index is 1.47. The summed E-state index contributed by atoms with van der Waals surface area (Å²) in [5.74, 6) is 1.03. The highest BCUT2D eigenvalue weighted by atomic mass is 16.5. The Kier molecular flexibility index (Phi) is 5.53. The lowest BCUT2D eigenvalue weighted by molar-refractivity contribution is -0.133. The summed E-state index contributed by atoms with van der Waals surface area (Å²) in [5.41, 5.74) is 1.06. The van der Waals surface area contributed by atoms with Crippen molar-refractivity contribution >= 4 is 5.91 Å². The Bertz CT molecular complexity index is 776. The topological polar surface area (TPSA) is 51.5 Å². The van der Waals surface area contributed by atoms with E-state index in [1.54, 1.807) is 22.9 Å². The van der Waals surface area contributed by atoms with Gasteiger partial charge in [-0.1, -0.05) is 24.3 Å². The standard InChI is InChI=1S/C20H24N2O3/c1-16-6-2-3-7-18(16)25-17-9-13-22(14-10-17)20(24)11-15-21-12-5-4-8-19(21)23/h2-8,12,17H,9-11,13-15H2,1H3. The summed E-state index contributed by atoms with van der Waals surface area (Å²) in [6.07, 6.45) is 3.91. The van der Waals surface area contributed by atoms with Crippen LogP contribution in [0.15, 0.2) is 53.5 Å². The number of pyridine rings is 1. The molecule has 1 aliphatic heterocycles. The molecule has 25 heavy (non-hydrogen) atoms. The number of rotatable bonds is 5. The minimum atomic E-state index is -0.0689. The molecular formula is C20H24N2O3. The maximum atomic E-state index is 12.4. The molecule has 1 saturated heterocycles. The number of amides is 1. The molecule has 1 fully saturated rings.